The number of benzene rings is 2. The standard InChI is InChI=1S/C20H14N2OSe/c23-14-16-11-12-20(24-16)22(19-10-3-4-13-21-19)18-9-5-7-15-6-1-2-8-17(15)18/h1-14H. The van der Waals surface area contributed by atoms with E-state index in [0.29, 0.717) is 0 Å². The molecule has 0 bridgehead atoms. The summed E-state index contributed by atoms with van der Waals surface area (Å²) in [5.74, 6) is 0.863. The quantitative estimate of drug-likeness (QED) is 0.386. The molecule has 3 nitrogen and oxygen atoms in total. The first-order chi connectivity index (χ1) is 11.9. The van der Waals surface area contributed by atoms with Gasteiger partial charge in [-0.05, 0) is 0 Å². The molecule has 0 fully saturated rings. The molecule has 0 amide bonds. The first-order valence-corrected chi connectivity index (χ1v) is 9.32. The van der Waals surface area contributed by atoms with Gasteiger partial charge in [-0.15, -0.1) is 0 Å². The first-order valence-electron chi connectivity index (χ1n) is 7.61. The van der Waals surface area contributed by atoms with Crippen molar-refractivity contribution in [2.75, 3.05) is 4.90 Å². The molecular weight excluding hydrogens is 363 g/mol. The Bertz CT molecular complexity index is 989. The molecule has 2 heterocycles. The van der Waals surface area contributed by atoms with Gasteiger partial charge in [-0.1, -0.05) is 0 Å². The van der Waals surface area contributed by atoms with Crippen LogP contribution in [0.5, 0.6) is 0 Å². The van der Waals surface area contributed by atoms with Crippen molar-refractivity contribution in [1.29, 1.82) is 0 Å². The molecule has 0 aliphatic rings. The van der Waals surface area contributed by atoms with E-state index in [2.05, 4.69) is 40.2 Å². The second-order valence-corrected chi connectivity index (χ2v) is 7.61. The molecule has 0 saturated carbocycles. The Labute approximate surface area is 145 Å². The monoisotopic (exact) mass is 378 g/mol. The van der Waals surface area contributed by atoms with E-state index in [1.54, 1.807) is 6.20 Å². The second-order valence-electron chi connectivity index (χ2n) is 5.32. The summed E-state index contributed by atoms with van der Waals surface area (Å²) in [5.41, 5.74) is 1.08. The molecule has 0 aliphatic carbocycles. The number of carbonyl (C=O) groups excluding carboxylic acids is 1. The van der Waals surface area contributed by atoms with Crippen molar-refractivity contribution in [1.82, 2.24) is 4.98 Å². The van der Waals surface area contributed by atoms with E-state index in [-0.39, 0.29) is 14.5 Å². The average molecular weight is 377 g/mol. The Balaban J connectivity index is 1.97. The van der Waals surface area contributed by atoms with Gasteiger partial charge in [0.05, 0.1) is 0 Å². The number of nitrogens with zero attached hydrogens (tertiary/aromatic N) is 2. The predicted molar refractivity (Wildman–Crippen MR) is 98.8 cm³/mol. The summed E-state index contributed by atoms with van der Waals surface area (Å²) in [6, 6.07) is 24.4. The summed E-state index contributed by atoms with van der Waals surface area (Å²) in [4.78, 5) is 17.8. The number of hydrogen-bond acceptors (Lipinski definition) is 3. The summed E-state index contributed by atoms with van der Waals surface area (Å²) >= 11 is -0.0176. The summed E-state index contributed by atoms with van der Waals surface area (Å²) in [6.07, 6.45) is 2.74. The Kier molecular flexibility index (Phi) is 3.99. The van der Waals surface area contributed by atoms with Gasteiger partial charge in [0.1, 0.15) is 0 Å². The van der Waals surface area contributed by atoms with Crippen LogP contribution in [0.15, 0.2) is 79.0 Å². The van der Waals surface area contributed by atoms with E-state index in [1.807, 2.05) is 42.5 Å². The van der Waals surface area contributed by atoms with Crippen LogP contribution in [0.1, 0.15) is 9.23 Å². The number of fused-ring (bicyclic) bond motifs is 1. The molecule has 0 N–H and O–H groups in total. The Morgan fingerprint density at radius 1 is 0.875 bits per heavy atom. The van der Waals surface area contributed by atoms with E-state index in [1.165, 1.54) is 10.8 Å². The average Bonchev–Trinajstić information content (AvgIpc) is 3.12. The molecule has 0 spiro atoms. The third-order valence-corrected chi connectivity index (χ3v) is 5.92. The van der Waals surface area contributed by atoms with E-state index >= 15 is 0 Å². The molecule has 0 radical (unpaired) electrons. The van der Waals surface area contributed by atoms with Crippen LogP contribution < -0.4 is 4.90 Å². The normalized spacial score (nSPS) is 10.7. The minimum atomic E-state index is -0.0176. The van der Waals surface area contributed by atoms with Crippen molar-refractivity contribution >= 4 is 47.6 Å². The molecule has 4 heteroatoms. The van der Waals surface area contributed by atoms with Crippen LogP contribution in [-0.4, -0.2) is 25.8 Å². The second kappa shape index (κ2) is 6.44. The third-order valence-electron chi connectivity index (χ3n) is 3.84. The number of aldehydes is 1. The number of carbonyl (C=O) groups is 1. The molecule has 4 rings (SSSR count). The van der Waals surface area contributed by atoms with Crippen molar-refractivity contribution in [3.05, 3.63) is 83.4 Å². The zero-order valence-corrected chi connectivity index (χ0v) is 14.5. The summed E-state index contributed by atoms with van der Waals surface area (Å²) in [5, 5.41) is 2.35. The predicted octanol–water partition coefficient (Wildman–Crippen LogP) is 4.57. The number of pyridine rings is 1. The van der Waals surface area contributed by atoms with Gasteiger partial charge in [0.25, 0.3) is 0 Å². The van der Waals surface area contributed by atoms with Crippen LogP contribution in [-0.2, 0) is 0 Å². The van der Waals surface area contributed by atoms with Crippen molar-refractivity contribution < 1.29 is 4.79 Å². The van der Waals surface area contributed by atoms with Gasteiger partial charge in [-0.25, -0.2) is 0 Å². The summed E-state index contributed by atoms with van der Waals surface area (Å²) < 4.78 is 1.96. The molecule has 2 aromatic heterocycles. The van der Waals surface area contributed by atoms with E-state index in [9.17, 15) is 4.79 Å². The van der Waals surface area contributed by atoms with Gasteiger partial charge in [0, 0.05) is 0 Å². The number of hydrogen-bond donors (Lipinski definition) is 0. The molecule has 116 valence electrons. The fourth-order valence-corrected chi connectivity index (χ4v) is 4.54. The van der Waals surface area contributed by atoms with Crippen LogP contribution >= 0.6 is 0 Å². The van der Waals surface area contributed by atoms with E-state index in [0.717, 1.165) is 26.8 Å². The Hall–Kier alpha value is -2.68. The van der Waals surface area contributed by atoms with Crippen LogP contribution in [0.4, 0.5) is 16.1 Å². The Morgan fingerprint density at radius 3 is 2.50 bits per heavy atom. The number of anilines is 3. The zero-order valence-electron chi connectivity index (χ0n) is 12.8. The van der Waals surface area contributed by atoms with E-state index in [4.69, 9.17) is 0 Å². The molecule has 0 unspecified atom stereocenters. The van der Waals surface area contributed by atoms with Crippen LogP contribution in [0.25, 0.3) is 10.8 Å². The van der Waals surface area contributed by atoms with Crippen molar-refractivity contribution in [3.63, 3.8) is 0 Å². The van der Waals surface area contributed by atoms with Gasteiger partial charge in [-0.2, -0.15) is 0 Å². The van der Waals surface area contributed by atoms with Crippen LogP contribution in [0, 0.1) is 0 Å². The summed E-state index contributed by atoms with van der Waals surface area (Å²) in [6.45, 7) is 0. The molecular formula is C20H14N2OSe. The van der Waals surface area contributed by atoms with Gasteiger partial charge in [-0.3, -0.25) is 0 Å². The SMILES string of the molecule is O=Cc1ccc(N(c2ccccn2)c2cccc3ccccc23)[se]1. The van der Waals surface area contributed by atoms with Crippen LogP contribution in [0.2, 0.25) is 0 Å². The number of rotatable bonds is 4. The van der Waals surface area contributed by atoms with Gasteiger partial charge in [0.2, 0.25) is 0 Å². The fourth-order valence-electron chi connectivity index (χ4n) is 2.77. The first kappa shape index (κ1) is 14.9. The van der Waals surface area contributed by atoms with Crippen molar-refractivity contribution in [2.45, 2.75) is 0 Å². The van der Waals surface area contributed by atoms with Crippen molar-refractivity contribution in [2.24, 2.45) is 0 Å². The molecule has 24 heavy (non-hydrogen) atoms. The molecule has 0 aliphatic heterocycles. The molecule has 4 aromatic rings. The van der Waals surface area contributed by atoms with Gasteiger partial charge in [0.15, 0.2) is 0 Å². The third kappa shape index (κ3) is 2.67. The maximum atomic E-state index is 11.1. The Morgan fingerprint density at radius 2 is 1.71 bits per heavy atom. The molecule has 0 atom stereocenters. The minimum absolute atomic E-state index is 0.0176. The maximum absolute atomic E-state index is 11.1. The van der Waals surface area contributed by atoms with Crippen LogP contribution in [0.3, 0.4) is 0 Å². The summed E-state index contributed by atoms with van der Waals surface area (Å²) in [7, 11) is 0. The number of aromatic nitrogens is 1. The van der Waals surface area contributed by atoms with Crippen molar-refractivity contribution in [3.8, 4) is 0 Å². The topological polar surface area (TPSA) is 33.2 Å². The fraction of sp³-hybridized carbons (Fsp3) is 0. The van der Waals surface area contributed by atoms with E-state index < -0.39 is 0 Å². The molecule has 0 saturated heterocycles. The zero-order chi connectivity index (χ0) is 16.4. The van der Waals surface area contributed by atoms with Gasteiger partial charge >= 0.3 is 146 Å². The van der Waals surface area contributed by atoms with Gasteiger partial charge < -0.3 is 0 Å². The molecule has 2 aromatic carbocycles.